The summed E-state index contributed by atoms with van der Waals surface area (Å²) in [4.78, 5) is 5.82. The number of sulfonamides is 1. The van der Waals surface area contributed by atoms with Crippen LogP contribution in [0.2, 0.25) is 0 Å². The highest BCUT2D eigenvalue weighted by atomic mass is 79.9. The maximum Gasteiger partial charge on any atom is 0.263 e. The van der Waals surface area contributed by atoms with Crippen LogP contribution in [0.5, 0.6) is 0 Å². The number of rotatable bonds is 3. The van der Waals surface area contributed by atoms with Gasteiger partial charge in [-0.1, -0.05) is 15.9 Å². The van der Waals surface area contributed by atoms with E-state index in [2.05, 4.69) is 25.6 Å². The molecule has 1 aliphatic rings. The molecule has 0 aliphatic heterocycles. The molecule has 0 amide bonds. The Balaban J connectivity index is 1.89. The van der Waals surface area contributed by atoms with Gasteiger partial charge in [-0.15, -0.1) is 11.3 Å². The fourth-order valence-corrected chi connectivity index (χ4v) is 4.81. The van der Waals surface area contributed by atoms with Crippen LogP contribution < -0.4 is 4.72 Å². The van der Waals surface area contributed by atoms with Crippen molar-refractivity contribution in [1.82, 2.24) is 4.98 Å². The van der Waals surface area contributed by atoms with Crippen molar-refractivity contribution >= 4 is 42.4 Å². The number of hydrogen-bond donors (Lipinski definition) is 1. The standard InChI is InChI=1S/C13H13BrN2O2S2/c1-8-7-9(5-6-10(8)14)20(17,18)16-13-15-11-3-2-4-12(11)19-13/h5-7H,2-4H2,1H3,(H,15,16). The van der Waals surface area contributed by atoms with E-state index in [-0.39, 0.29) is 4.90 Å². The van der Waals surface area contributed by atoms with Gasteiger partial charge >= 0.3 is 0 Å². The Kier molecular flexibility index (Phi) is 3.60. The number of nitrogens with zero attached hydrogens (tertiary/aromatic N) is 1. The minimum absolute atomic E-state index is 0.258. The van der Waals surface area contributed by atoms with Crippen LogP contribution >= 0.6 is 27.3 Å². The highest BCUT2D eigenvalue weighted by Gasteiger charge is 2.21. The zero-order chi connectivity index (χ0) is 14.3. The van der Waals surface area contributed by atoms with Crippen LogP contribution in [-0.2, 0) is 22.9 Å². The molecule has 4 nitrogen and oxygen atoms in total. The van der Waals surface area contributed by atoms with Crippen LogP contribution in [0.15, 0.2) is 27.6 Å². The molecular formula is C13H13BrN2O2S2. The van der Waals surface area contributed by atoms with Crippen molar-refractivity contribution < 1.29 is 8.42 Å². The molecule has 0 unspecified atom stereocenters. The first-order valence-corrected chi connectivity index (χ1v) is 9.32. The van der Waals surface area contributed by atoms with E-state index < -0.39 is 10.0 Å². The molecule has 0 fully saturated rings. The molecule has 0 bridgehead atoms. The number of fused-ring (bicyclic) bond motifs is 1. The SMILES string of the molecule is Cc1cc(S(=O)(=O)Nc2nc3c(s2)CCC3)ccc1Br. The molecule has 1 N–H and O–H groups in total. The number of anilines is 1. The molecule has 1 aromatic carbocycles. The van der Waals surface area contributed by atoms with Crippen LogP contribution in [-0.4, -0.2) is 13.4 Å². The molecule has 0 atom stereocenters. The number of aromatic nitrogens is 1. The molecule has 7 heteroatoms. The van der Waals surface area contributed by atoms with E-state index in [1.165, 1.54) is 16.2 Å². The van der Waals surface area contributed by atoms with Crippen LogP contribution in [0.25, 0.3) is 0 Å². The van der Waals surface area contributed by atoms with Gasteiger partial charge in [-0.05, 0) is 49.9 Å². The summed E-state index contributed by atoms with van der Waals surface area (Å²) in [5.74, 6) is 0. The summed E-state index contributed by atoms with van der Waals surface area (Å²) in [7, 11) is -3.56. The highest BCUT2D eigenvalue weighted by Crippen LogP contribution is 2.31. The minimum atomic E-state index is -3.56. The van der Waals surface area contributed by atoms with Crippen molar-refractivity contribution in [2.75, 3.05) is 4.72 Å². The Morgan fingerprint density at radius 1 is 1.35 bits per heavy atom. The Bertz CT molecular complexity index is 747. The molecule has 0 saturated carbocycles. The number of hydrogen-bond acceptors (Lipinski definition) is 4. The van der Waals surface area contributed by atoms with Gasteiger partial charge in [0.25, 0.3) is 10.0 Å². The summed E-state index contributed by atoms with van der Waals surface area (Å²) in [6, 6.07) is 4.97. The third-order valence-electron chi connectivity index (χ3n) is 3.26. The molecular weight excluding hydrogens is 360 g/mol. The van der Waals surface area contributed by atoms with Gasteiger partial charge < -0.3 is 0 Å². The van der Waals surface area contributed by atoms with E-state index in [0.717, 1.165) is 35.0 Å². The molecule has 3 rings (SSSR count). The van der Waals surface area contributed by atoms with Gasteiger partial charge in [-0.3, -0.25) is 4.72 Å². The average Bonchev–Trinajstić information content (AvgIpc) is 2.92. The second kappa shape index (κ2) is 5.13. The number of nitrogens with one attached hydrogen (secondary N) is 1. The lowest BCUT2D eigenvalue weighted by Gasteiger charge is -2.07. The summed E-state index contributed by atoms with van der Waals surface area (Å²) in [6.45, 7) is 1.86. The molecule has 0 saturated heterocycles. The maximum absolute atomic E-state index is 12.3. The van der Waals surface area contributed by atoms with Crippen molar-refractivity contribution in [3.8, 4) is 0 Å². The second-order valence-corrected chi connectivity index (χ2v) is 8.38. The van der Waals surface area contributed by atoms with Crippen LogP contribution in [0, 0.1) is 6.92 Å². The van der Waals surface area contributed by atoms with Crippen LogP contribution in [0.4, 0.5) is 5.13 Å². The zero-order valence-corrected chi connectivity index (χ0v) is 14.0. The number of thiazole rings is 1. The van der Waals surface area contributed by atoms with E-state index in [9.17, 15) is 8.42 Å². The van der Waals surface area contributed by atoms with Gasteiger partial charge in [0.05, 0.1) is 10.6 Å². The average molecular weight is 373 g/mol. The fourth-order valence-electron chi connectivity index (χ4n) is 2.19. The topological polar surface area (TPSA) is 59.1 Å². The lowest BCUT2D eigenvalue weighted by Crippen LogP contribution is -2.13. The summed E-state index contributed by atoms with van der Waals surface area (Å²) >= 11 is 4.81. The fraction of sp³-hybridized carbons (Fsp3) is 0.308. The molecule has 0 radical (unpaired) electrons. The Morgan fingerprint density at radius 2 is 2.15 bits per heavy atom. The van der Waals surface area contributed by atoms with E-state index >= 15 is 0 Å². The summed E-state index contributed by atoms with van der Waals surface area (Å²) < 4.78 is 28.1. The van der Waals surface area contributed by atoms with Gasteiger partial charge in [0.2, 0.25) is 0 Å². The van der Waals surface area contributed by atoms with E-state index in [1.807, 2.05) is 6.92 Å². The van der Waals surface area contributed by atoms with Crippen molar-refractivity contribution in [2.24, 2.45) is 0 Å². The molecule has 1 aromatic heterocycles. The first kappa shape index (κ1) is 14.0. The summed E-state index contributed by atoms with van der Waals surface area (Å²) in [5.41, 5.74) is 1.93. The van der Waals surface area contributed by atoms with Gasteiger partial charge in [-0.2, -0.15) is 0 Å². The van der Waals surface area contributed by atoms with Crippen molar-refractivity contribution in [1.29, 1.82) is 0 Å². The highest BCUT2D eigenvalue weighted by molar-refractivity contribution is 9.10. The Morgan fingerprint density at radius 3 is 2.85 bits per heavy atom. The molecule has 106 valence electrons. The monoisotopic (exact) mass is 372 g/mol. The predicted molar refractivity (Wildman–Crippen MR) is 83.8 cm³/mol. The van der Waals surface area contributed by atoms with Crippen LogP contribution in [0.3, 0.4) is 0 Å². The van der Waals surface area contributed by atoms with E-state index in [4.69, 9.17) is 0 Å². The molecule has 20 heavy (non-hydrogen) atoms. The Labute approximate surface area is 130 Å². The van der Waals surface area contributed by atoms with E-state index in [0.29, 0.717) is 5.13 Å². The Hall–Kier alpha value is -0.920. The van der Waals surface area contributed by atoms with Crippen molar-refractivity contribution in [3.05, 3.63) is 38.8 Å². The quantitative estimate of drug-likeness (QED) is 0.896. The number of benzene rings is 1. The van der Waals surface area contributed by atoms with Gasteiger partial charge in [0.15, 0.2) is 5.13 Å². The first-order chi connectivity index (χ1) is 9.45. The predicted octanol–water partition coefficient (Wildman–Crippen LogP) is 3.50. The van der Waals surface area contributed by atoms with Crippen molar-refractivity contribution in [3.63, 3.8) is 0 Å². The third-order valence-corrected chi connectivity index (χ3v) is 6.69. The lowest BCUT2D eigenvalue weighted by molar-refractivity contribution is 0.601. The summed E-state index contributed by atoms with van der Waals surface area (Å²) in [6.07, 6.45) is 3.07. The van der Waals surface area contributed by atoms with Gasteiger partial charge in [0, 0.05) is 9.35 Å². The van der Waals surface area contributed by atoms with E-state index in [1.54, 1.807) is 18.2 Å². The normalized spacial score (nSPS) is 14.3. The zero-order valence-electron chi connectivity index (χ0n) is 10.8. The van der Waals surface area contributed by atoms with Gasteiger partial charge in [0.1, 0.15) is 0 Å². The third kappa shape index (κ3) is 2.62. The summed E-state index contributed by atoms with van der Waals surface area (Å²) in [5, 5.41) is 0.468. The van der Waals surface area contributed by atoms with Gasteiger partial charge in [-0.25, -0.2) is 13.4 Å². The minimum Gasteiger partial charge on any atom is -0.255 e. The molecule has 1 heterocycles. The lowest BCUT2D eigenvalue weighted by atomic mass is 10.2. The first-order valence-electron chi connectivity index (χ1n) is 6.23. The maximum atomic E-state index is 12.3. The molecule has 2 aromatic rings. The second-order valence-electron chi connectivity index (χ2n) is 4.76. The van der Waals surface area contributed by atoms with Crippen LogP contribution in [0.1, 0.15) is 22.6 Å². The smallest absolute Gasteiger partial charge is 0.255 e. The van der Waals surface area contributed by atoms with Crippen molar-refractivity contribution in [2.45, 2.75) is 31.1 Å². The number of aryl methyl sites for hydroxylation is 3. The molecule has 0 spiro atoms. The largest absolute Gasteiger partial charge is 0.263 e. The molecule has 1 aliphatic carbocycles. The number of halogens is 1.